The summed E-state index contributed by atoms with van der Waals surface area (Å²) in [5.41, 5.74) is 5.49. The first-order valence-electron chi connectivity index (χ1n) is 9.40. The highest BCUT2D eigenvalue weighted by Crippen LogP contribution is 2.40. The van der Waals surface area contributed by atoms with Crippen molar-refractivity contribution in [3.63, 3.8) is 0 Å². The van der Waals surface area contributed by atoms with E-state index < -0.39 is 26.7 Å². The Bertz CT molecular complexity index is 1250. The quantitative estimate of drug-likeness (QED) is 0.457. The van der Waals surface area contributed by atoms with E-state index in [-0.39, 0.29) is 29.7 Å². The molecule has 0 radical (unpaired) electrons. The Hall–Kier alpha value is -3.16. The lowest BCUT2D eigenvalue weighted by Crippen LogP contribution is -2.46. The maximum atomic E-state index is 13.6. The van der Waals surface area contributed by atoms with E-state index in [1.54, 1.807) is 24.3 Å². The summed E-state index contributed by atoms with van der Waals surface area (Å²) < 4.78 is 65.4. The van der Waals surface area contributed by atoms with Gasteiger partial charge in [-0.15, -0.1) is 5.11 Å². The van der Waals surface area contributed by atoms with E-state index in [1.807, 2.05) is 0 Å². The van der Waals surface area contributed by atoms with Gasteiger partial charge in [-0.25, -0.2) is 18.5 Å². The summed E-state index contributed by atoms with van der Waals surface area (Å²) >= 11 is 0. The summed E-state index contributed by atoms with van der Waals surface area (Å²) in [4.78, 5) is 7.23. The first-order valence-corrected chi connectivity index (χ1v) is 10.9. The molecule has 9 nitrogen and oxygen atoms in total. The second-order valence-corrected chi connectivity index (χ2v) is 8.67. The largest absolute Gasteiger partial charge is 0.417 e. The maximum absolute atomic E-state index is 13.6. The predicted octanol–water partition coefficient (Wildman–Crippen LogP) is 1.87. The topological polar surface area (TPSA) is 148 Å². The first-order chi connectivity index (χ1) is 15.1. The molecule has 5 N–H and O–H groups in total. The van der Waals surface area contributed by atoms with Gasteiger partial charge in [0, 0.05) is 24.2 Å². The van der Waals surface area contributed by atoms with Crippen LogP contribution >= 0.6 is 0 Å². The van der Waals surface area contributed by atoms with Crippen LogP contribution in [0.15, 0.2) is 61.5 Å². The van der Waals surface area contributed by atoms with E-state index >= 15 is 0 Å². The van der Waals surface area contributed by atoms with Crippen molar-refractivity contribution in [2.45, 2.75) is 17.1 Å². The molecule has 0 saturated carbocycles. The highest BCUT2D eigenvalue weighted by Gasteiger charge is 2.40. The molecule has 2 aliphatic heterocycles. The second-order valence-electron chi connectivity index (χ2n) is 7.18. The van der Waals surface area contributed by atoms with Crippen molar-refractivity contribution < 1.29 is 21.6 Å². The molecule has 0 amide bonds. The van der Waals surface area contributed by atoms with Gasteiger partial charge in [-0.1, -0.05) is 30.3 Å². The Morgan fingerprint density at radius 1 is 1.12 bits per heavy atom. The van der Waals surface area contributed by atoms with Gasteiger partial charge in [-0.05, 0) is 17.2 Å². The van der Waals surface area contributed by atoms with Gasteiger partial charge in [0.15, 0.2) is 12.5 Å². The van der Waals surface area contributed by atoms with Gasteiger partial charge >= 0.3 is 6.18 Å². The minimum absolute atomic E-state index is 0.0965. The molecule has 0 spiro atoms. The fraction of sp³-hybridized carbons (Fsp3) is 0.263. The van der Waals surface area contributed by atoms with Gasteiger partial charge in [-0.3, -0.25) is 4.99 Å². The van der Waals surface area contributed by atoms with Gasteiger partial charge in [0.1, 0.15) is 10.7 Å². The zero-order valence-corrected chi connectivity index (χ0v) is 17.3. The van der Waals surface area contributed by atoms with Crippen LogP contribution in [0.1, 0.15) is 16.7 Å². The number of azo groups is 1. The Morgan fingerprint density at radius 2 is 1.81 bits per heavy atom. The second kappa shape index (κ2) is 8.07. The summed E-state index contributed by atoms with van der Waals surface area (Å²) in [5.74, 6) is 0.0904. The number of nitrogens with one attached hydrogen (secondary N) is 1. The smallest absolute Gasteiger partial charge is 0.383 e. The van der Waals surface area contributed by atoms with Gasteiger partial charge in [0.05, 0.1) is 11.6 Å². The zero-order valence-electron chi connectivity index (χ0n) is 16.5. The molecule has 32 heavy (non-hydrogen) atoms. The number of amidine groups is 2. The molecule has 4 rings (SSSR count). The van der Waals surface area contributed by atoms with Crippen molar-refractivity contribution in [2.75, 3.05) is 19.8 Å². The molecule has 0 unspecified atom stereocenters. The number of rotatable bonds is 5. The van der Waals surface area contributed by atoms with E-state index in [1.165, 1.54) is 0 Å². The van der Waals surface area contributed by atoms with Crippen LogP contribution in [0.3, 0.4) is 0 Å². The van der Waals surface area contributed by atoms with Crippen LogP contribution < -0.4 is 16.2 Å². The molecule has 0 bridgehead atoms. The number of sulfonamides is 1. The Labute approximate surface area is 181 Å². The maximum Gasteiger partial charge on any atom is 0.417 e. The summed E-state index contributed by atoms with van der Waals surface area (Å²) in [5, 5.41) is 15.7. The van der Waals surface area contributed by atoms with Gasteiger partial charge in [0.2, 0.25) is 10.0 Å². The third-order valence-electron chi connectivity index (χ3n) is 4.99. The fourth-order valence-electron chi connectivity index (χ4n) is 3.38. The predicted molar refractivity (Wildman–Crippen MR) is 112 cm³/mol. The molecule has 13 heteroatoms. The number of nitrogens with zero attached hydrogens (tertiary/aromatic N) is 4. The lowest BCUT2D eigenvalue weighted by Gasteiger charge is -2.23. The molecule has 1 fully saturated rings. The van der Waals surface area contributed by atoms with Crippen molar-refractivity contribution >= 4 is 21.7 Å². The van der Waals surface area contributed by atoms with Crippen LogP contribution in [-0.4, -0.2) is 45.9 Å². The summed E-state index contributed by atoms with van der Waals surface area (Å²) in [7, 11) is -4.79. The first kappa shape index (κ1) is 22.0. The van der Waals surface area contributed by atoms with Crippen LogP contribution in [0.4, 0.5) is 13.2 Å². The Morgan fingerprint density at radius 3 is 2.31 bits per heavy atom. The molecule has 168 valence electrons. The lowest BCUT2D eigenvalue weighted by atomic mass is 9.95. The molecule has 2 aliphatic rings. The van der Waals surface area contributed by atoms with E-state index in [0.29, 0.717) is 23.0 Å². The minimum atomic E-state index is -4.96. The third kappa shape index (κ3) is 4.26. The molecule has 1 saturated heterocycles. The normalized spacial score (nSPS) is 17.4. The van der Waals surface area contributed by atoms with Crippen LogP contribution in [0.25, 0.3) is 11.1 Å². The Balaban J connectivity index is 1.87. The minimum Gasteiger partial charge on any atom is -0.383 e. The van der Waals surface area contributed by atoms with Gasteiger partial charge in [0.25, 0.3) is 0 Å². The summed E-state index contributed by atoms with van der Waals surface area (Å²) in [6, 6.07) is 8.44. The molecule has 2 heterocycles. The van der Waals surface area contributed by atoms with Crippen molar-refractivity contribution in [2.24, 2.45) is 31.1 Å². The van der Waals surface area contributed by atoms with Crippen molar-refractivity contribution in [3.8, 4) is 11.1 Å². The standard InChI is InChI=1S/C19H18F3N7O2S/c20-19(21,22)14-6-5-13(15(16(14)32(24,30)31)18-26-9-27-29-18)10-1-3-11(4-2-10)17(23)28-12-7-25-8-12/h1-6,12,25H,7-9H2,(H2,23,28)(H2,24,30,31). The average Bonchev–Trinajstić information content (AvgIpc) is 3.23. The average molecular weight is 465 g/mol. The van der Waals surface area contributed by atoms with Gasteiger partial charge < -0.3 is 11.1 Å². The number of hydrogen-bond acceptors (Lipinski definition) is 7. The molecule has 0 atom stereocenters. The number of aliphatic imine (C=N–C) groups is 2. The zero-order chi connectivity index (χ0) is 23.1. The number of alkyl halides is 3. The number of primary sulfonamides is 1. The van der Waals surface area contributed by atoms with E-state index in [0.717, 1.165) is 19.2 Å². The lowest BCUT2D eigenvalue weighted by molar-refractivity contribution is -0.139. The Kier molecular flexibility index (Phi) is 5.56. The van der Waals surface area contributed by atoms with E-state index in [9.17, 15) is 21.6 Å². The summed E-state index contributed by atoms with van der Waals surface area (Å²) in [6.07, 6.45) is -4.96. The molecule has 0 aromatic heterocycles. The molecule has 0 aliphatic carbocycles. The van der Waals surface area contributed by atoms with E-state index in [4.69, 9.17) is 10.9 Å². The SMILES string of the molecule is NC(=NC1CNC1)c1ccc(-c2ccc(C(F)(F)F)c(S(N)(=O)=O)c2C2=NCN=N2)cc1. The molecular weight excluding hydrogens is 447 g/mol. The highest BCUT2D eigenvalue weighted by molar-refractivity contribution is 7.89. The van der Waals surface area contributed by atoms with Crippen LogP contribution in [0.2, 0.25) is 0 Å². The van der Waals surface area contributed by atoms with E-state index in [2.05, 4.69) is 25.5 Å². The van der Waals surface area contributed by atoms with Crippen LogP contribution in [0, 0.1) is 0 Å². The van der Waals surface area contributed by atoms with Crippen molar-refractivity contribution in [1.29, 1.82) is 0 Å². The summed E-state index contributed by atoms with van der Waals surface area (Å²) in [6.45, 7) is 1.35. The number of halogens is 3. The third-order valence-corrected chi connectivity index (χ3v) is 5.99. The monoisotopic (exact) mass is 465 g/mol. The highest BCUT2D eigenvalue weighted by atomic mass is 32.2. The molecule has 2 aromatic rings. The number of hydrogen-bond donors (Lipinski definition) is 3. The van der Waals surface area contributed by atoms with Crippen molar-refractivity contribution in [1.82, 2.24) is 5.32 Å². The fourth-order valence-corrected chi connectivity index (χ4v) is 4.35. The number of benzene rings is 2. The van der Waals surface area contributed by atoms with Gasteiger partial charge in [-0.2, -0.15) is 18.3 Å². The molecule has 2 aromatic carbocycles. The number of nitrogens with two attached hydrogens (primary N) is 2. The van der Waals surface area contributed by atoms with Crippen LogP contribution in [0.5, 0.6) is 0 Å². The molecular formula is C19H18F3N7O2S. The van der Waals surface area contributed by atoms with Crippen molar-refractivity contribution in [3.05, 3.63) is 53.1 Å². The van der Waals surface area contributed by atoms with Crippen LogP contribution in [-0.2, 0) is 16.2 Å².